The Morgan fingerprint density at radius 3 is 2.82 bits per heavy atom. The number of imidazole rings is 1. The number of nitrogens with one attached hydrogen (secondary N) is 1. The minimum absolute atomic E-state index is 0.000968. The molecular weight excluding hydrogens is 220 g/mol. The highest BCUT2D eigenvalue weighted by atomic mass is 16.2. The number of carbonyl (C=O) groups is 1. The molecule has 92 valence electrons. The summed E-state index contributed by atoms with van der Waals surface area (Å²) in [6, 6.07) is 1.93. The fraction of sp³-hybridized carbons (Fsp3) is 0.545. The second-order valence-electron chi connectivity index (χ2n) is 3.66. The van der Waals surface area contributed by atoms with Crippen molar-refractivity contribution in [2.24, 2.45) is 0 Å². The maximum atomic E-state index is 11.7. The molecule has 1 heterocycles. The molecule has 6 nitrogen and oxygen atoms in total. The van der Waals surface area contributed by atoms with Gasteiger partial charge in [-0.1, -0.05) is 6.92 Å². The second-order valence-corrected chi connectivity index (χ2v) is 3.66. The maximum Gasteiger partial charge on any atom is 0.328 e. The first kappa shape index (κ1) is 13.0. The highest BCUT2D eigenvalue weighted by molar-refractivity contribution is 5.75. The van der Waals surface area contributed by atoms with E-state index in [1.165, 1.54) is 4.57 Å². The van der Waals surface area contributed by atoms with E-state index >= 15 is 0 Å². The number of rotatable bonds is 6. The van der Waals surface area contributed by atoms with Gasteiger partial charge in [-0.25, -0.2) is 4.79 Å². The van der Waals surface area contributed by atoms with E-state index < -0.39 is 0 Å². The van der Waals surface area contributed by atoms with Crippen LogP contribution in [0.15, 0.2) is 17.2 Å². The largest absolute Gasteiger partial charge is 0.354 e. The zero-order chi connectivity index (χ0) is 12.7. The van der Waals surface area contributed by atoms with Crippen LogP contribution in [0.3, 0.4) is 0 Å². The third-order valence-electron chi connectivity index (χ3n) is 2.26. The Hall–Kier alpha value is -2.03. The molecule has 0 atom stereocenters. The van der Waals surface area contributed by atoms with E-state index in [1.54, 1.807) is 17.0 Å². The summed E-state index contributed by atoms with van der Waals surface area (Å²) in [4.78, 5) is 23.1. The Balaban J connectivity index is 2.54. The molecule has 0 bridgehead atoms. The molecule has 1 aromatic heterocycles. The number of carbonyl (C=O) groups excluding carboxylic acids is 1. The van der Waals surface area contributed by atoms with Crippen LogP contribution < -0.4 is 11.0 Å². The summed E-state index contributed by atoms with van der Waals surface area (Å²) < 4.78 is 2.93. The van der Waals surface area contributed by atoms with Gasteiger partial charge in [-0.3, -0.25) is 13.9 Å². The molecule has 1 amide bonds. The third kappa shape index (κ3) is 3.79. The topological polar surface area (TPSA) is 79.8 Å². The predicted octanol–water partition coefficient (Wildman–Crippen LogP) is 0.0897. The Morgan fingerprint density at radius 1 is 1.47 bits per heavy atom. The molecule has 1 aromatic rings. The molecule has 0 aliphatic rings. The lowest BCUT2D eigenvalue weighted by molar-refractivity contribution is -0.121. The van der Waals surface area contributed by atoms with Crippen LogP contribution in [0, 0.1) is 11.3 Å². The summed E-state index contributed by atoms with van der Waals surface area (Å²) in [6.07, 6.45) is 4.42. The Labute approximate surface area is 99.5 Å². The molecule has 0 saturated carbocycles. The third-order valence-corrected chi connectivity index (χ3v) is 2.26. The van der Waals surface area contributed by atoms with E-state index in [0.29, 0.717) is 13.1 Å². The minimum atomic E-state index is -0.253. The van der Waals surface area contributed by atoms with Gasteiger partial charge < -0.3 is 5.32 Å². The molecule has 0 spiro atoms. The van der Waals surface area contributed by atoms with Crippen molar-refractivity contribution in [1.29, 1.82) is 5.26 Å². The molecule has 0 aliphatic carbocycles. The molecule has 0 fully saturated rings. The number of aryl methyl sites for hydroxylation is 1. The minimum Gasteiger partial charge on any atom is -0.354 e. The van der Waals surface area contributed by atoms with E-state index in [9.17, 15) is 9.59 Å². The van der Waals surface area contributed by atoms with E-state index in [4.69, 9.17) is 5.26 Å². The van der Waals surface area contributed by atoms with E-state index in [2.05, 4.69) is 5.32 Å². The maximum absolute atomic E-state index is 11.7. The summed E-state index contributed by atoms with van der Waals surface area (Å²) in [5.41, 5.74) is -0.178. The summed E-state index contributed by atoms with van der Waals surface area (Å²) in [7, 11) is 0. The lowest BCUT2D eigenvalue weighted by Crippen LogP contribution is -2.33. The van der Waals surface area contributed by atoms with Crippen LogP contribution in [0.1, 0.15) is 19.8 Å². The molecule has 0 aromatic carbocycles. The van der Waals surface area contributed by atoms with E-state index in [1.807, 2.05) is 13.0 Å². The number of nitrogens with zero attached hydrogens (tertiary/aromatic N) is 3. The van der Waals surface area contributed by atoms with Gasteiger partial charge in [0.1, 0.15) is 6.54 Å². The quantitative estimate of drug-likeness (QED) is 0.711. The zero-order valence-electron chi connectivity index (χ0n) is 9.85. The zero-order valence-corrected chi connectivity index (χ0v) is 9.85. The van der Waals surface area contributed by atoms with Crippen molar-refractivity contribution in [2.75, 3.05) is 6.54 Å². The van der Waals surface area contributed by atoms with E-state index in [-0.39, 0.29) is 24.6 Å². The van der Waals surface area contributed by atoms with Crippen LogP contribution in [0.2, 0.25) is 0 Å². The van der Waals surface area contributed by atoms with Crippen molar-refractivity contribution in [2.45, 2.75) is 32.9 Å². The fourth-order valence-electron chi connectivity index (χ4n) is 1.45. The number of amides is 1. The van der Waals surface area contributed by atoms with Gasteiger partial charge in [0.05, 0.1) is 12.5 Å². The highest BCUT2D eigenvalue weighted by Gasteiger charge is 2.06. The highest BCUT2D eigenvalue weighted by Crippen LogP contribution is 1.88. The van der Waals surface area contributed by atoms with Gasteiger partial charge in [0, 0.05) is 25.5 Å². The van der Waals surface area contributed by atoms with Gasteiger partial charge in [0.2, 0.25) is 5.91 Å². The Kier molecular flexibility index (Phi) is 5.01. The summed E-state index contributed by atoms with van der Waals surface area (Å²) in [6.45, 7) is 2.96. The molecular formula is C11H16N4O2. The van der Waals surface area contributed by atoms with Gasteiger partial charge in [-0.15, -0.1) is 0 Å². The number of hydrogen-bond acceptors (Lipinski definition) is 3. The van der Waals surface area contributed by atoms with Crippen LogP contribution in [0.25, 0.3) is 0 Å². The van der Waals surface area contributed by atoms with Crippen molar-refractivity contribution < 1.29 is 4.79 Å². The van der Waals surface area contributed by atoms with Crippen LogP contribution in [0.5, 0.6) is 0 Å². The summed E-state index contributed by atoms with van der Waals surface area (Å²) >= 11 is 0. The predicted molar refractivity (Wildman–Crippen MR) is 62.2 cm³/mol. The average Bonchev–Trinajstić information content (AvgIpc) is 2.63. The lowest BCUT2D eigenvalue weighted by Gasteiger charge is -2.02. The van der Waals surface area contributed by atoms with Gasteiger partial charge in [0.25, 0.3) is 0 Å². The first-order chi connectivity index (χ1) is 8.19. The summed E-state index contributed by atoms with van der Waals surface area (Å²) in [5.74, 6) is -0.253. The van der Waals surface area contributed by atoms with Crippen molar-refractivity contribution in [3.8, 4) is 6.07 Å². The van der Waals surface area contributed by atoms with Gasteiger partial charge in [0.15, 0.2) is 0 Å². The SMILES string of the molecule is CCCn1ccn(CC(=O)NCCC#N)c1=O. The van der Waals surface area contributed by atoms with Crippen molar-refractivity contribution >= 4 is 5.91 Å². The molecule has 6 heteroatoms. The lowest BCUT2D eigenvalue weighted by atomic mass is 10.4. The van der Waals surface area contributed by atoms with Gasteiger partial charge in [-0.2, -0.15) is 5.26 Å². The van der Waals surface area contributed by atoms with Gasteiger partial charge in [-0.05, 0) is 6.42 Å². The Morgan fingerprint density at radius 2 is 2.18 bits per heavy atom. The van der Waals surface area contributed by atoms with Crippen LogP contribution in [-0.2, 0) is 17.9 Å². The molecule has 0 aliphatic heterocycles. The molecule has 0 radical (unpaired) electrons. The average molecular weight is 236 g/mol. The monoisotopic (exact) mass is 236 g/mol. The number of hydrogen-bond donors (Lipinski definition) is 1. The van der Waals surface area contributed by atoms with Crippen molar-refractivity contribution in [1.82, 2.24) is 14.5 Å². The molecule has 0 saturated heterocycles. The molecule has 1 rings (SSSR count). The smallest absolute Gasteiger partial charge is 0.328 e. The molecule has 1 N–H and O–H groups in total. The molecule has 17 heavy (non-hydrogen) atoms. The summed E-state index contributed by atoms with van der Waals surface area (Å²) in [5, 5.41) is 10.9. The number of aromatic nitrogens is 2. The fourth-order valence-corrected chi connectivity index (χ4v) is 1.45. The van der Waals surface area contributed by atoms with Crippen molar-refractivity contribution in [3.63, 3.8) is 0 Å². The Bertz CT molecular complexity index is 467. The van der Waals surface area contributed by atoms with E-state index in [0.717, 1.165) is 6.42 Å². The first-order valence-corrected chi connectivity index (χ1v) is 5.58. The van der Waals surface area contributed by atoms with Crippen LogP contribution in [0.4, 0.5) is 0 Å². The second kappa shape index (κ2) is 6.53. The van der Waals surface area contributed by atoms with Crippen LogP contribution in [-0.4, -0.2) is 21.6 Å². The van der Waals surface area contributed by atoms with Crippen molar-refractivity contribution in [3.05, 3.63) is 22.9 Å². The van der Waals surface area contributed by atoms with Gasteiger partial charge >= 0.3 is 5.69 Å². The first-order valence-electron chi connectivity index (χ1n) is 5.58. The normalized spacial score (nSPS) is 9.88. The standard InChI is InChI=1S/C11H16N4O2/c1-2-6-14-7-8-15(11(14)17)9-10(16)13-5-3-4-12/h7-8H,2-3,5-6,9H2,1H3,(H,13,16). The number of nitriles is 1. The molecule has 0 unspecified atom stereocenters. The van der Waals surface area contributed by atoms with Crippen LogP contribution >= 0.6 is 0 Å².